The third-order valence-corrected chi connectivity index (χ3v) is 6.91. The lowest BCUT2D eigenvalue weighted by molar-refractivity contribution is -0.117. The number of hydrogen-bond donors (Lipinski definition) is 3. The number of amides is 1. The van der Waals surface area contributed by atoms with E-state index in [0.717, 1.165) is 5.56 Å². The maximum absolute atomic E-state index is 13.2. The van der Waals surface area contributed by atoms with E-state index in [-0.39, 0.29) is 41.9 Å². The predicted molar refractivity (Wildman–Crippen MR) is 133 cm³/mol. The van der Waals surface area contributed by atoms with E-state index in [1.807, 2.05) is 30.3 Å². The van der Waals surface area contributed by atoms with Crippen LogP contribution in [-0.4, -0.2) is 43.5 Å². The van der Waals surface area contributed by atoms with Crippen LogP contribution < -0.4 is 31.9 Å². The molecule has 4 rings (SSSR count). The van der Waals surface area contributed by atoms with Crippen LogP contribution in [0, 0.1) is 0 Å². The van der Waals surface area contributed by atoms with Gasteiger partial charge < -0.3 is 15.5 Å². The molecule has 0 radical (unpaired) electrons. The molecule has 0 aliphatic carbocycles. The van der Waals surface area contributed by atoms with Gasteiger partial charge in [-0.25, -0.2) is 18.4 Å². The summed E-state index contributed by atoms with van der Waals surface area (Å²) in [7, 11) is -3.85. The quantitative estimate of drug-likeness (QED) is 0.419. The van der Waals surface area contributed by atoms with Gasteiger partial charge >= 0.3 is 5.69 Å². The van der Waals surface area contributed by atoms with Crippen molar-refractivity contribution in [3.63, 3.8) is 0 Å². The average molecular weight is 499 g/mol. The van der Waals surface area contributed by atoms with E-state index in [2.05, 4.69) is 4.98 Å². The predicted octanol–water partition coefficient (Wildman–Crippen LogP) is 0.230. The summed E-state index contributed by atoms with van der Waals surface area (Å²) in [6.07, 6.45) is 0.473. The average Bonchev–Trinajstić information content (AvgIpc) is 3.24. The minimum Gasteiger partial charge on any atom is -0.383 e. The molecule has 0 fully saturated rings. The number of aromatic nitrogens is 2. The fraction of sp³-hybridized carbons (Fsp3) is 0.261. The molecule has 12 heteroatoms. The molecule has 5 N–H and O–H groups in total. The number of H-pyrrole nitrogens is 1. The van der Waals surface area contributed by atoms with E-state index >= 15 is 0 Å². The van der Waals surface area contributed by atoms with Gasteiger partial charge in [0, 0.05) is 18.8 Å². The van der Waals surface area contributed by atoms with Crippen LogP contribution in [0.2, 0.25) is 0 Å². The molecule has 0 saturated carbocycles. The van der Waals surface area contributed by atoms with Gasteiger partial charge in [0.1, 0.15) is 11.5 Å². The van der Waals surface area contributed by atoms with E-state index in [4.69, 9.17) is 10.9 Å². The fourth-order valence-corrected chi connectivity index (χ4v) is 4.78. The highest BCUT2D eigenvalue weighted by atomic mass is 32.2. The van der Waals surface area contributed by atoms with Crippen LogP contribution in [0.5, 0.6) is 0 Å². The van der Waals surface area contributed by atoms with Gasteiger partial charge in [-0.1, -0.05) is 30.3 Å². The Hall–Kier alpha value is -3.90. The Morgan fingerprint density at radius 1 is 1.14 bits per heavy atom. The lowest BCUT2D eigenvalue weighted by Gasteiger charge is -2.27. The van der Waals surface area contributed by atoms with Crippen LogP contribution in [0.1, 0.15) is 18.1 Å². The monoisotopic (exact) mass is 498 g/mol. The highest BCUT2D eigenvalue weighted by Crippen LogP contribution is 2.30. The Bertz CT molecular complexity index is 1500. The Balaban J connectivity index is 1.62. The summed E-state index contributed by atoms with van der Waals surface area (Å²) in [4.78, 5) is 43.8. The van der Waals surface area contributed by atoms with Gasteiger partial charge in [0.2, 0.25) is 15.9 Å². The number of nitrogens with two attached hydrogens (primary N) is 2. The van der Waals surface area contributed by atoms with Crippen LogP contribution in [0.25, 0.3) is 0 Å². The molecule has 1 aliphatic rings. The van der Waals surface area contributed by atoms with E-state index in [1.165, 1.54) is 26.5 Å². The van der Waals surface area contributed by atoms with Crippen molar-refractivity contribution in [1.29, 1.82) is 0 Å². The van der Waals surface area contributed by atoms with Crippen molar-refractivity contribution in [2.75, 3.05) is 35.2 Å². The summed E-state index contributed by atoms with van der Waals surface area (Å²) >= 11 is 0. The van der Waals surface area contributed by atoms with Crippen LogP contribution in [0.3, 0.4) is 0 Å². The maximum atomic E-state index is 13.2. The first-order valence-corrected chi connectivity index (χ1v) is 12.5. The topological polar surface area (TPSA) is 165 Å². The summed E-state index contributed by atoms with van der Waals surface area (Å²) in [6, 6.07) is 13.6. The molecule has 0 bridgehead atoms. The number of nitrogen functional groups attached to an aromatic ring is 1. The van der Waals surface area contributed by atoms with Crippen LogP contribution in [0.15, 0.2) is 63.0 Å². The first kappa shape index (κ1) is 24.2. The lowest BCUT2D eigenvalue weighted by Crippen LogP contribution is -2.44. The summed E-state index contributed by atoms with van der Waals surface area (Å²) in [5.41, 5.74) is 7.12. The Morgan fingerprint density at radius 2 is 1.86 bits per heavy atom. The summed E-state index contributed by atoms with van der Waals surface area (Å²) in [5, 5.41) is 5.21. The van der Waals surface area contributed by atoms with Gasteiger partial charge in [-0.15, -0.1) is 0 Å². The largest absolute Gasteiger partial charge is 0.383 e. The molecule has 0 spiro atoms. The molecule has 1 aliphatic heterocycles. The number of nitrogens with one attached hydrogen (secondary N) is 1. The third-order valence-electron chi connectivity index (χ3n) is 6.00. The molecule has 11 nitrogen and oxygen atoms in total. The van der Waals surface area contributed by atoms with Crippen molar-refractivity contribution in [3.05, 3.63) is 80.5 Å². The molecule has 2 aromatic carbocycles. The first-order chi connectivity index (χ1) is 16.6. The zero-order valence-electron chi connectivity index (χ0n) is 19.1. The van der Waals surface area contributed by atoms with Crippen molar-refractivity contribution in [2.45, 2.75) is 24.8 Å². The number of likely N-dealkylation sites (N-methyl/N-ethyl adjacent to an activating group) is 1. The van der Waals surface area contributed by atoms with Crippen molar-refractivity contribution < 1.29 is 13.2 Å². The molecule has 2 heterocycles. The lowest BCUT2D eigenvalue weighted by atomic mass is 10.2. The number of fused-ring (bicyclic) bond motifs is 1. The first-order valence-electron chi connectivity index (χ1n) is 11.0. The van der Waals surface area contributed by atoms with Crippen molar-refractivity contribution in [2.24, 2.45) is 5.14 Å². The minimum absolute atomic E-state index is 0.0132. The number of primary sulfonamides is 1. The SMILES string of the molecule is CCN(CC(=O)N1CCc2cc(S(N)(=O)=O)ccc21)c1c(N)n(Cc2ccccc2)c(=O)[nH]c1=O. The minimum atomic E-state index is -3.85. The van der Waals surface area contributed by atoms with Gasteiger partial charge in [0.25, 0.3) is 5.56 Å². The van der Waals surface area contributed by atoms with Gasteiger partial charge in [-0.05, 0) is 42.7 Å². The second-order valence-corrected chi connectivity index (χ2v) is 9.77. The number of anilines is 3. The third kappa shape index (κ3) is 4.84. The second kappa shape index (κ2) is 9.39. The standard InChI is InChI=1S/C23H26N6O5S/c1-2-27(14-19(30)28-11-10-16-12-17(35(25,33)34)8-9-18(16)28)20-21(24)29(23(32)26-22(20)31)13-15-6-4-3-5-7-15/h3-9,12H,2,10-11,13-14,24H2,1H3,(H2,25,33,34)(H,26,31,32). The number of rotatable bonds is 7. The number of sulfonamides is 1. The highest BCUT2D eigenvalue weighted by Gasteiger charge is 2.28. The molecule has 0 unspecified atom stereocenters. The van der Waals surface area contributed by atoms with E-state index in [9.17, 15) is 22.8 Å². The molecule has 0 atom stereocenters. The molecule has 184 valence electrons. The number of carbonyl (C=O) groups excluding carboxylic acids is 1. The Labute approximate surface area is 201 Å². The van der Waals surface area contributed by atoms with Gasteiger partial charge in [-0.2, -0.15) is 0 Å². The van der Waals surface area contributed by atoms with Gasteiger partial charge in [-0.3, -0.25) is 19.1 Å². The molecule has 1 amide bonds. The molecule has 35 heavy (non-hydrogen) atoms. The smallest absolute Gasteiger partial charge is 0.330 e. The van der Waals surface area contributed by atoms with E-state index in [0.29, 0.717) is 24.2 Å². The van der Waals surface area contributed by atoms with Crippen LogP contribution >= 0.6 is 0 Å². The van der Waals surface area contributed by atoms with Gasteiger partial charge in [0.05, 0.1) is 18.0 Å². The highest BCUT2D eigenvalue weighted by molar-refractivity contribution is 7.89. The van der Waals surface area contributed by atoms with Crippen molar-refractivity contribution in [1.82, 2.24) is 9.55 Å². The number of aromatic amines is 1. The summed E-state index contributed by atoms with van der Waals surface area (Å²) in [6.45, 7) is 2.41. The Morgan fingerprint density at radius 3 is 2.51 bits per heavy atom. The molecule has 3 aromatic rings. The summed E-state index contributed by atoms with van der Waals surface area (Å²) in [5.74, 6) is -0.328. The fourth-order valence-electron chi connectivity index (χ4n) is 4.22. The van der Waals surface area contributed by atoms with E-state index in [1.54, 1.807) is 13.0 Å². The van der Waals surface area contributed by atoms with Crippen molar-refractivity contribution in [3.8, 4) is 0 Å². The normalized spacial score (nSPS) is 13.0. The summed E-state index contributed by atoms with van der Waals surface area (Å²) < 4.78 is 24.5. The number of hydrogen-bond acceptors (Lipinski definition) is 7. The molecular weight excluding hydrogens is 472 g/mol. The molecule has 1 aromatic heterocycles. The van der Waals surface area contributed by atoms with Crippen molar-refractivity contribution >= 4 is 33.1 Å². The second-order valence-electron chi connectivity index (χ2n) is 8.21. The number of carbonyl (C=O) groups is 1. The molecule has 0 saturated heterocycles. The van der Waals surface area contributed by atoms with Gasteiger partial charge in [0.15, 0.2) is 0 Å². The maximum Gasteiger partial charge on any atom is 0.330 e. The Kier molecular flexibility index (Phi) is 6.50. The number of nitrogens with zero attached hydrogens (tertiary/aromatic N) is 3. The zero-order chi connectivity index (χ0) is 25.3. The van der Waals surface area contributed by atoms with Crippen LogP contribution in [0.4, 0.5) is 17.2 Å². The molecular formula is C23H26N6O5S. The van der Waals surface area contributed by atoms with Crippen LogP contribution in [-0.2, 0) is 27.8 Å². The van der Waals surface area contributed by atoms with E-state index < -0.39 is 21.3 Å². The number of benzene rings is 2. The zero-order valence-corrected chi connectivity index (χ0v) is 19.9.